The zero-order chi connectivity index (χ0) is 11.3. The van der Waals surface area contributed by atoms with Crippen LogP contribution in [0, 0.1) is 10.1 Å². The lowest BCUT2D eigenvalue weighted by Crippen LogP contribution is -1.91. The van der Waals surface area contributed by atoms with Gasteiger partial charge in [-0.25, -0.2) is 0 Å². The molecule has 80 valence electrons. The molecule has 0 aliphatic carbocycles. The van der Waals surface area contributed by atoms with Crippen LogP contribution in [0.1, 0.15) is 12.0 Å². The molecule has 3 nitrogen and oxygen atoms in total. The Morgan fingerprint density at radius 3 is 2.87 bits per heavy atom. The minimum Gasteiger partial charge on any atom is -0.258 e. The summed E-state index contributed by atoms with van der Waals surface area (Å²) in [7, 11) is 0. The zero-order valence-electron chi connectivity index (χ0n) is 7.89. The molecular weight excluding hydrogens is 234 g/mol. The second kappa shape index (κ2) is 5.78. The van der Waals surface area contributed by atoms with Gasteiger partial charge in [-0.15, -0.1) is 0 Å². The van der Waals surface area contributed by atoms with Crippen LogP contribution in [0.15, 0.2) is 24.3 Å². The monoisotopic (exact) mass is 243 g/mol. The van der Waals surface area contributed by atoms with Gasteiger partial charge in [0.05, 0.1) is 10.5 Å². The Labute approximate surface area is 98.3 Å². The van der Waals surface area contributed by atoms with Crippen molar-refractivity contribution >= 4 is 36.0 Å². The van der Waals surface area contributed by atoms with Crippen LogP contribution < -0.4 is 0 Å². The summed E-state index contributed by atoms with van der Waals surface area (Å²) in [4.78, 5) is 10.3. The first-order valence-electron chi connectivity index (χ1n) is 4.36. The topological polar surface area (TPSA) is 43.1 Å². The molecule has 0 N–H and O–H groups in total. The Balaban J connectivity index is 3.01. The Bertz CT molecular complexity index is 393. The molecule has 0 spiro atoms. The van der Waals surface area contributed by atoms with E-state index in [1.165, 1.54) is 6.07 Å². The van der Waals surface area contributed by atoms with Gasteiger partial charge >= 0.3 is 0 Å². The van der Waals surface area contributed by atoms with E-state index in [0.717, 1.165) is 12.2 Å². The summed E-state index contributed by atoms with van der Waals surface area (Å²) in [5.74, 6) is 0.720. The minimum atomic E-state index is -0.438. The van der Waals surface area contributed by atoms with Crippen molar-refractivity contribution in [1.82, 2.24) is 0 Å². The maximum Gasteiger partial charge on any atom is 0.278 e. The Kier molecular flexibility index (Phi) is 4.65. The molecule has 5 heteroatoms. The Morgan fingerprint density at radius 1 is 1.53 bits per heavy atom. The number of thiol groups is 1. The maximum absolute atomic E-state index is 10.7. The Morgan fingerprint density at radius 2 is 2.27 bits per heavy atom. The Hall–Kier alpha value is -1.00. The first kappa shape index (κ1) is 12.1. The second-order valence-corrected chi connectivity index (χ2v) is 3.76. The highest BCUT2D eigenvalue weighted by molar-refractivity contribution is 7.80. The van der Waals surface area contributed by atoms with Crippen LogP contribution >= 0.6 is 24.2 Å². The highest BCUT2D eigenvalue weighted by Gasteiger charge is 2.11. The first-order valence-corrected chi connectivity index (χ1v) is 5.37. The van der Waals surface area contributed by atoms with E-state index in [1.807, 2.05) is 6.08 Å². The number of nitrogens with zero attached hydrogens (tertiary/aromatic N) is 1. The van der Waals surface area contributed by atoms with E-state index in [-0.39, 0.29) is 5.69 Å². The van der Waals surface area contributed by atoms with Gasteiger partial charge in [0.25, 0.3) is 5.69 Å². The van der Waals surface area contributed by atoms with Crippen molar-refractivity contribution in [2.24, 2.45) is 0 Å². The van der Waals surface area contributed by atoms with Crippen molar-refractivity contribution < 1.29 is 4.92 Å². The number of benzene rings is 1. The van der Waals surface area contributed by atoms with Crippen LogP contribution in [0.25, 0.3) is 6.08 Å². The van der Waals surface area contributed by atoms with Crippen molar-refractivity contribution in [3.05, 3.63) is 45.0 Å². The second-order valence-electron chi connectivity index (χ2n) is 2.87. The highest BCUT2D eigenvalue weighted by atomic mass is 35.5. The van der Waals surface area contributed by atoms with Crippen LogP contribution in [0.2, 0.25) is 5.02 Å². The lowest BCUT2D eigenvalue weighted by atomic mass is 10.1. The van der Waals surface area contributed by atoms with Crippen LogP contribution in [-0.2, 0) is 0 Å². The maximum atomic E-state index is 10.7. The summed E-state index contributed by atoms with van der Waals surface area (Å²) in [5, 5.41) is 11.1. The van der Waals surface area contributed by atoms with Gasteiger partial charge in [-0.3, -0.25) is 10.1 Å². The molecule has 0 radical (unpaired) electrons. The summed E-state index contributed by atoms with van der Waals surface area (Å²) in [6.07, 6.45) is 4.34. The molecule has 0 atom stereocenters. The fourth-order valence-corrected chi connectivity index (χ4v) is 1.42. The van der Waals surface area contributed by atoms with Crippen LogP contribution in [0.5, 0.6) is 0 Å². The molecule has 0 bridgehead atoms. The average Bonchev–Trinajstić information content (AvgIpc) is 2.20. The molecule has 0 aliphatic rings. The highest BCUT2D eigenvalue weighted by Crippen LogP contribution is 2.24. The quantitative estimate of drug-likeness (QED) is 0.499. The molecule has 0 amide bonds. The predicted octanol–water partition coefficient (Wildman–Crippen LogP) is 3.58. The molecule has 0 unspecified atom stereocenters. The third kappa shape index (κ3) is 3.57. The predicted molar refractivity (Wildman–Crippen MR) is 65.6 cm³/mol. The van der Waals surface area contributed by atoms with Crippen molar-refractivity contribution in [2.45, 2.75) is 6.42 Å². The third-order valence-corrected chi connectivity index (χ3v) is 2.28. The van der Waals surface area contributed by atoms with Crippen LogP contribution in [0.4, 0.5) is 5.69 Å². The molecule has 0 saturated heterocycles. The van der Waals surface area contributed by atoms with Crippen molar-refractivity contribution in [3.63, 3.8) is 0 Å². The lowest BCUT2D eigenvalue weighted by Gasteiger charge is -1.97. The van der Waals surface area contributed by atoms with Crippen LogP contribution in [-0.4, -0.2) is 10.7 Å². The van der Waals surface area contributed by atoms with E-state index >= 15 is 0 Å². The van der Waals surface area contributed by atoms with Gasteiger partial charge in [0.1, 0.15) is 0 Å². The molecule has 0 saturated carbocycles. The molecule has 15 heavy (non-hydrogen) atoms. The minimum absolute atomic E-state index is 0.0258. The number of rotatable bonds is 4. The number of hydrogen-bond donors (Lipinski definition) is 1. The standard InChI is InChI=1S/C10H10ClNO2S/c11-9-5-4-8(3-1-2-6-15)10(7-9)12(13)14/h1,3-5,7,15H,2,6H2. The molecule has 1 aromatic carbocycles. The summed E-state index contributed by atoms with van der Waals surface area (Å²) in [5.41, 5.74) is 0.587. The number of nitro groups is 1. The molecular formula is C10H10ClNO2S. The summed E-state index contributed by atoms with van der Waals surface area (Å²) < 4.78 is 0. The molecule has 0 fully saturated rings. The number of allylic oxidation sites excluding steroid dienone is 1. The van der Waals surface area contributed by atoms with E-state index < -0.39 is 4.92 Å². The summed E-state index contributed by atoms with van der Waals surface area (Å²) in [6, 6.07) is 4.62. The van der Waals surface area contributed by atoms with E-state index in [9.17, 15) is 10.1 Å². The van der Waals surface area contributed by atoms with Gasteiger partial charge in [-0.05, 0) is 24.3 Å². The summed E-state index contributed by atoms with van der Waals surface area (Å²) >= 11 is 9.73. The number of nitro benzene ring substituents is 1. The SMILES string of the molecule is O=[N+]([O-])c1cc(Cl)ccc1C=CCCS. The van der Waals surface area contributed by atoms with Gasteiger partial charge in [-0.2, -0.15) is 12.6 Å². The molecule has 1 rings (SSSR count). The fraction of sp³-hybridized carbons (Fsp3) is 0.200. The smallest absolute Gasteiger partial charge is 0.258 e. The van der Waals surface area contributed by atoms with Gasteiger partial charge < -0.3 is 0 Å². The zero-order valence-corrected chi connectivity index (χ0v) is 9.54. The van der Waals surface area contributed by atoms with Gasteiger partial charge in [0.15, 0.2) is 0 Å². The fourth-order valence-electron chi connectivity index (χ4n) is 1.10. The van der Waals surface area contributed by atoms with Gasteiger partial charge in [0, 0.05) is 11.1 Å². The van der Waals surface area contributed by atoms with Gasteiger partial charge in [0.2, 0.25) is 0 Å². The van der Waals surface area contributed by atoms with Crippen molar-refractivity contribution in [3.8, 4) is 0 Å². The van der Waals surface area contributed by atoms with E-state index in [4.69, 9.17) is 11.6 Å². The molecule has 0 aromatic heterocycles. The van der Waals surface area contributed by atoms with E-state index in [0.29, 0.717) is 10.6 Å². The first-order chi connectivity index (χ1) is 7.15. The number of halogens is 1. The van der Waals surface area contributed by atoms with Gasteiger partial charge in [-0.1, -0.05) is 23.8 Å². The normalized spacial score (nSPS) is 10.8. The van der Waals surface area contributed by atoms with Crippen molar-refractivity contribution in [2.75, 3.05) is 5.75 Å². The lowest BCUT2D eigenvalue weighted by molar-refractivity contribution is -0.385. The largest absolute Gasteiger partial charge is 0.278 e. The third-order valence-electron chi connectivity index (χ3n) is 1.78. The van der Waals surface area contributed by atoms with Crippen molar-refractivity contribution in [1.29, 1.82) is 0 Å². The average molecular weight is 244 g/mol. The summed E-state index contributed by atoms with van der Waals surface area (Å²) in [6.45, 7) is 0. The van der Waals surface area contributed by atoms with E-state index in [1.54, 1.807) is 18.2 Å². The van der Waals surface area contributed by atoms with E-state index in [2.05, 4.69) is 12.6 Å². The molecule has 0 aliphatic heterocycles. The van der Waals surface area contributed by atoms with Crippen LogP contribution in [0.3, 0.4) is 0 Å². The molecule has 0 heterocycles. The number of hydrogen-bond acceptors (Lipinski definition) is 3. The molecule has 1 aromatic rings.